The number of rotatable bonds is 4. The number of aromatic nitrogens is 4. The summed E-state index contributed by atoms with van der Waals surface area (Å²) in [6, 6.07) is 7.59. The Morgan fingerprint density at radius 1 is 1.50 bits per heavy atom. The molecule has 0 aliphatic heterocycles. The molecule has 0 saturated carbocycles. The van der Waals surface area contributed by atoms with Crippen molar-refractivity contribution in [2.24, 2.45) is 5.73 Å². The first kappa shape index (κ1) is 12.0. The molecule has 0 aliphatic carbocycles. The molecule has 94 valence electrons. The Bertz CT molecular complexity index is 526. The SMILES string of the molecule is Cc1ccccc1[C@H](Cn1ncnn1)OC(N)=O. The van der Waals surface area contributed by atoms with Crippen LogP contribution in [0.4, 0.5) is 4.79 Å². The Morgan fingerprint density at radius 3 is 2.89 bits per heavy atom. The van der Waals surface area contributed by atoms with Gasteiger partial charge in [-0.05, 0) is 23.3 Å². The molecule has 0 radical (unpaired) electrons. The zero-order chi connectivity index (χ0) is 13.0. The van der Waals surface area contributed by atoms with Crippen LogP contribution in [-0.2, 0) is 11.3 Å². The summed E-state index contributed by atoms with van der Waals surface area (Å²) in [6.45, 7) is 2.20. The number of carbonyl (C=O) groups is 1. The number of nitrogens with two attached hydrogens (primary N) is 1. The first-order valence-corrected chi connectivity index (χ1v) is 5.39. The van der Waals surface area contributed by atoms with E-state index in [0.29, 0.717) is 0 Å². The topological polar surface area (TPSA) is 95.9 Å². The van der Waals surface area contributed by atoms with E-state index in [4.69, 9.17) is 10.5 Å². The molecule has 0 saturated heterocycles. The maximum Gasteiger partial charge on any atom is 0.405 e. The quantitative estimate of drug-likeness (QED) is 0.862. The predicted molar refractivity (Wildman–Crippen MR) is 62.4 cm³/mol. The van der Waals surface area contributed by atoms with E-state index in [0.717, 1.165) is 11.1 Å². The molecule has 7 nitrogen and oxygen atoms in total. The summed E-state index contributed by atoms with van der Waals surface area (Å²) < 4.78 is 5.10. The lowest BCUT2D eigenvalue weighted by molar-refractivity contribution is 0.0897. The highest BCUT2D eigenvalue weighted by atomic mass is 16.6. The zero-order valence-corrected chi connectivity index (χ0v) is 9.85. The number of nitrogens with zero attached hydrogens (tertiary/aromatic N) is 4. The summed E-state index contributed by atoms with van der Waals surface area (Å²) in [5, 5.41) is 11.2. The van der Waals surface area contributed by atoms with Gasteiger partial charge in [0.15, 0.2) is 12.4 Å². The van der Waals surface area contributed by atoms with Crippen molar-refractivity contribution in [2.75, 3.05) is 0 Å². The van der Waals surface area contributed by atoms with Crippen LogP contribution in [0, 0.1) is 6.92 Å². The summed E-state index contributed by atoms with van der Waals surface area (Å²) in [6.07, 6.45) is -0.0413. The molecule has 0 bridgehead atoms. The molecule has 18 heavy (non-hydrogen) atoms. The first-order valence-electron chi connectivity index (χ1n) is 5.39. The van der Waals surface area contributed by atoms with Gasteiger partial charge in [0, 0.05) is 0 Å². The third-order valence-corrected chi connectivity index (χ3v) is 2.51. The van der Waals surface area contributed by atoms with Crippen molar-refractivity contribution in [2.45, 2.75) is 19.6 Å². The molecule has 0 aliphatic rings. The highest BCUT2D eigenvalue weighted by Gasteiger charge is 2.18. The lowest BCUT2D eigenvalue weighted by Crippen LogP contribution is -2.22. The van der Waals surface area contributed by atoms with Gasteiger partial charge in [-0.1, -0.05) is 24.3 Å². The van der Waals surface area contributed by atoms with Crippen LogP contribution in [-0.4, -0.2) is 26.3 Å². The number of amides is 1. The number of hydrogen-bond donors (Lipinski definition) is 1. The lowest BCUT2D eigenvalue weighted by Gasteiger charge is -2.17. The molecule has 0 unspecified atom stereocenters. The third-order valence-electron chi connectivity index (χ3n) is 2.51. The van der Waals surface area contributed by atoms with Gasteiger partial charge in [0.1, 0.15) is 6.54 Å². The molecular weight excluding hydrogens is 234 g/mol. The molecular formula is C11H13N5O2. The fourth-order valence-corrected chi connectivity index (χ4v) is 1.71. The lowest BCUT2D eigenvalue weighted by atomic mass is 10.0. The summed E-state index contributed by atoms with van der Waals surface area (Å²) >= 11 is 0. The molecule has 0 spiro atoms. The van der Waals surface area contributed by atoms with Gasteiger partial charge in [-0.3, -0.25) is 0 Å². The minimum Gasteiger partial charge on any atom is -0.439 e. The Labute approximate surface area is 104 Å². The Hall–Kier alpha value is -2.44. The predicted octanol–water partition coefficient (Wildman–Crippen LogP) is 0.818. The van der Waals surface area contributed by atoms with Crippen LogP contribution < -0.4 is 5.73 Å². The number of carbonyl (C=O) groups excluding carboxylic acids is 1. The van der Waals surface area contributed by atoms with E-state index < -0.39 is 12.2 Å². The van der Waals surface area contributed by atoms with E-state index in [1.807, 2.05) is 31.2 Å². The van der Waals surface area contributed by atoms with E-state index in [2.05, 4.69) is 15.4 Å². The van der Waals surface area contributed by atoms with Gasteiger partial charge >= 0.3 is 6.09 Å². The third kappa shape index (κ3) is 2.82. The van der Waals surface area contributed by atoms with Gasteiger partial charge in [0.25, 0.3) is 0 Å². The molecule has 2 aromatic rings. The average Bonchev–Trinajstić information content (AvgIpc) is 2.81. The van der Waals surface area contributed by atoms with Crippen molar-refractivity contribution in [3.05, 3.63) is 41.7 Å². The number of primary amides is 1. The second kappa shape index (κ2) is 5.26. The van der Waals surface area contributed by atoms with Gasteiger partial charge in [-0.15, -0.1) is 10.2 Å². The molecule has 1 heterocycles. The summed E-state index contributed by atoms with van der Waals surface area (Å²) in [7, 11) is 0. The highest BCUT2D eigenvalue weighted by Crippen LogP contribution is 2.22. The van der Waals surface area contributed by atoms with Crippen molar-refractivity contribution in [1.82, 2.24) is 20.2 Å². The number of tetrazole rings is 1. The minimum atomic E-state index is -0.830. The first-order chi connectivity index (χ1) is 8.66. The van der Waals surface area contributed by atoms with E-state index in [1.165, 1.54) is 11.1 Å². The molecule has 1 amide bonds. The van der Waals surface area contributed by atoms with Crippen LogP contribution in [0.25, 0.3) is 0 Å². The van der Waals surface area contributed by atoms with Crippen molar-refractivity contribution in [1.29, 1.82) is 0 Å². The Balaban J connectivity index is 2.25. The van der Waals surface area contributed by atoms with Crippen molar-refractivity contribution < 1.29 is 9.53 Å². The van der Waals surface area contributed by atoms with Crippen LogP contribution in [0.2, 0.25) is 0 Å². The van der Waals surface area contributed by atoms with Crippen LogP contribution in [0.5, 0.6) is 0 Å². The Morgan fingerprint density at radius 2 is 2.28 bits per heavy atom. The molecule has 2 rings (SSSR count). The van der Waals surface area contributed by atoms with Gasteiger partial charge < -0.3 is 10.5 Å². The minimum absolute atomic E-state index is 0.272. The smallest absolute Gasteiger partial charge is 0.405 e. The normalized spacial score (nSPS) is 12.1. The van der Waals surface area contributed by atoms with E-state index in [9.17, 15) is 4.79 Å². The maximum atomic E-state index is 11.0. The summed E-state index contributed by atoms with van der Waals surface area (Å²) in [5.41, 5.74) is 6.96. The molecule has 1 atom stereocenters. The molecule has 2 N–H and O–H groups in total. The van der Waals surface area contributed by atoms with E-state index in [1.54, 1.807) is 0 Å². The fraction of sp³-hybridized carbons (Fsp3) is 0.273. The van der Waals surface area contributed by atoms with Gasteiger partial charge in [-0.2, -0.15) is 4.80 Å². The summed E-state index contributed by atoms with van der Waals surface area (Å²) in [5.74, 6) is 0. The molecule has 0 fully saturated rings. The second-order valence-corrected chi connectivity index (χ2v) is 3.77. The van der Waals surface area contributed by atoms with Gasteiger partial charge in [-0.25, -0.2) is 4.79 Å². The molecule has 7 heteroatoms. The zero-order valence-electron chi connectivity index (χ0n) is 9.85. The van der Waals surface area contributed by atoms with Crippen molar-refractivity contribution in [3.8, 4) is 0 Å². The number of hydrogen-bond acceptors (Lipinski definition) is 5. The number of aryl methyl sites for hydroxylation is 1. The van der Waals surface area contributed by atoms with Crippen molar-refractivity contribution in [3.63, 3.8) is 0 Å². The maximum absolute atomic E-state index is 11.0. The molecule has 1 aromatic carbocycles. The Kier molecular flexibility index (Phi) is 3.52. The van der Waals surface area contributed by atoms with E-state index in [-0.39, 0.29) is 6.54 Å². The summed E-state index contributed by atoms with van der Waals surface area (Å²) in [4.78, 5) is 12.3. The van der Waals surface area contributed by atoms with Crippen LogP contribution in [0.15, 0.2) is 30.6 Å². The van der Waals surface area contributed by atoms with Crippen LogP contribution in [0.1, 0.15) is 17.2 Å². The van der Waals surface area contributed by atoms with Crippen molar-refractivity contribution >= 4 is 6.09 Å². The molecule has 1 aromatic heterocycles. The van der Waals surface area contributed by atoms with E-state index >= 15 is 0 Å². The standard InChI is InChI=1S/C11H13N5O2/c1-8-4-2-3-5-9(8)10(18-11(12)17)6-16-14-7-13-15-16/h2-5,7,10H,6H2,1H3,(H2,12,17)/t10-/m0/s1. The van der Waals surface area contributed by atoms with Crippen LogP contribution in [0.3, 0.4) is 0 Å². The second-order valence-electron chi connectivity index (χ2n) is 3.77. The average molecular weight is 247 g/mol. The van der Waals surface area contributed by atoms with Gasteiger partial charge in [0.05, 0.1) is 0 Å². The fourth-order valence-electron chi connectivity index (χ4n) is 1.71. The number of ether oxygens (including phenoxy) is 1. The van der Waals surface area contributed by atoms with Gasteiger partial charge in [0.2, 0.25) is 0 Å². The highest BCUT2D eigenvalue weighted by molar-refractivity contribution is 5.65. The number of benzene rings is 1. The monoisotopic (exact) mass is 247 g/mol. The largest absolute Gasteiger partial charge is 0.439 e. The van der Waals surface area contributed by atoms with Crippen LogP contribution >= 0.6 is 0 Å².